The fourth-order valence-corrected chi connectivity index (χ4v) is 3.06. The average molecular weight is 397 g/mol. The molecule has 10 heteroatoms. The van der Waals surface area contributed by atoms with Gasteiger partial charge in [0, 0.05) is 18.5 Å². The van der Waals surface area contributed by atoms with E-state index in [1.165, 1.54) is 35.6 Å². The molecule has 0 bridgehead atoms. The van der Waals surface area contributed by atoms with Crippen molar-refractivity contribution in [3.05, 3.63) is 72.9 Å². The maximum Gasteiger partial charge on any atom is 0.431 e. The number of benzene rings is 1. The molecule has 1 aromatic carbocycles. The number of aryl methyl sites for hydroxylation is 1. The lowest BCUT2D eigenvalue weighted by Crippen LogP contribution is -2.40. The molecule has 0 N–H and O–H groups in total. The molecule has 0 fully saturated rings. The van der Waals surface area contributed by atoms with Crippen molar-refractivity contribution in [1.29, 1.82) is 0 Å². The minimum atomic E-state index is -4.79. The van der Waals surface area contributed by atoms with Gasteiger partial charge in [-0.2, -0.15) is 13.2 Å². The average Bonchev–Trinajstić information content (AvgIpc) is 3.02. The van der Waals surface area contributed by atoms with Gasteiger partial charge in [0.05, 0.1) is 16.4 Å². The van der Waals surface area contributed by atoms with Crippen LogP contribution in [0.2, 0.25) is 0 Å². The molecular weight excluding hydrogens is 383 g/mol. The Bertz CT molecular complexity index is 1080. The minimum Gasteiger partial charge on any atom is -0.487 e. The van der Waals surface area contributed by atoms with Crippen LogP contribution in [0, 0.1) is 6.92 Å². The Morgan fingerprint density at radius 3 is 2.41 bits per heavy atom. The van der Waals surface area contributed by atoms with Crippen molar-refractivity contribution < 1.29 is 17.9 Å². The predicted octanol–water partition coefficient (Wildman–Crippen LogP) is 2.90. The van der Waals surface area contributed by atoms with Crippen LogP contribution < -0.4 is 16.0 Å². The number of rotatable bonds is 4. The van der Waals surface area contributed by atoms with Crippen molar-refractivity contribution >= 4 is 11.3 Å². The van der Waals surface area contributed by atoms with Gasteiger partial charge >= 0.3 is 11.9 Å². The second-order valence-corrected chi connectivity index (χ2v) is 6.75. The largest absolute Gasteiger partial charge is 0.487 e. The maximum atomic E-state index is 12.9. The van der Waals surface area contributed by atoms with Crippen molar-refractivity contribution in [1.82, 2.24) is 14.1 Å². The van der Waals surface area contributed by atoms with Gasteiger partial charge in [-0.15, -0.1) is 11.3 Å². The predicted molar refractivity (Wildman–Crippen MR) is 93.5 cm³/mol. The first-order valence-corrected chi connectivity index (χ1v) is 8.59. The highest BCUT2D eigenvalue weighted by Gasteiger charge is 2.35. The molecule has 0 aliphatic carbocycles. The first-order chi connectivity index (χ1) is 12.7. The molecule has 0 amide bonds. The van der Waals surface area contributed by atoms with E-state index in [1.54, 1.807) is 0 Å². The van der Waals surface area contributed by atoms with Crippen molar-refractivity contribution in [2.24, 2.45) is 7.05 Å². The first kappa shape index (κ1) is 18.9. The molecule has 0 aliphatic heterocycles. The third kappa shape index (κ3) is 3.95. The van der Waals surface area contributed by atoms with E-state index in [2.05, 4.69) is 4.98 Å². The summed E-state index contributed by atoms with van der Waals surface area (Å²) in [4.78, 5) is 28.6. The Balaban J connectivity index is 1.88. The molecule has 2 aromatic heterocycles. The molecule has 27 heavy (non-hydrogen) atoms. The van der Waals surface area contributed by atoms with Gasteiger partial charge in [0.2, 0.25) is 0 Å². The summed E-state index contributed by atoms with van der Waals surface area (Å²) in [7, 11) is 0.967. The topological polar surface area (TPSA) is 66.1 Å². The SMILES string of the molecule is Cc1nc(COc2ccc(-n3c(=O)cc(C(F)(F)F)n(C)c3=O)cc2)cs1. The van der Waals surface area contributed by atoms with Crippen LogP contribution in [0.3, 0.4) is 0 Å². The van der Waals surface area contributed by atoms with Crippen LogP contribution in [0.1, 0.15) is 16.4 Å². The lowest BCUT2D eigenvalue weighted by atomic mass is 10.3. The summed E-state index contributed by atoms with van der Waals surface area (Å²) in [5.74, 6) is 0.473. The third-order valence-corrected chi connectivity index (χ3v) is 4.58. The standard InChI is InChI=1S/C17H14F3N3O3S/c1-10-21-11(9-27-10)8-26-13-5-3-12(4-6-13)23-15(24)7-14(17(18,19)20)22(2)16(23)25/h3-7,9H,8H2,1-2H3. The highest BCUT2D eigenvalue weighted by Crippen LogP contribution is 2.27. The molecule has 142 valence electrons. The summed E-state index contributed by atoms with van der Waals surface area (Å²) < 4.78 is 45.3. The Hall–Kier alpha value is -2.88. The van der Waals surface area contributed by atoms with E-state index >= 15 is 0 Å². The Labute approximate surface area is 155 Å². The highest BCUT2D eigenvalue weighted by molar-refractivity contribution is 7.09. The number of halogens is 3. The number of nitrogens with zero attached hydrogens (tertiary/aromatic N) is 3. The van der Waals surface area contributed by atoms with Crippen LogP contribution in [0.15, 0.2) is 45.3 Å². The molecule has 0 spiro atoms. The zero-order valence-electron chi connectivity index (χ0n) is 14.3. The molecule has 0 unspecified atom stereocenters. The van der Waals surface area contributed by atoms with Gasteiger partial charge in [0.1, 0.15) is 18.1 Å². The van der Waals surface area contributed by atoms with E-state index in [-0.39, 0.29) is 12.3 Å². The lowest BCUT2D eigenvalue weighted by molar-refractivity contribution is -0.144. The summed E-state index contributed by atoms with van der Waals surface area (Å²) in [5, 5.41) is 2.79. The van der Waals surface area contributed by atoms with Gasteiger partial charge in [-0.05, 0) is 31.2 Å². The van der Waals surface area contributed by atoms with Gasteiger partial charge in [-0.25, -0.2) is 14.3 Å². The second kappa shape index (κ2) is 7.03. The van der Waals surface area contributed by atoms with Crippen LogP contribution >= 0.6 is 11.3 Å². The van der Waals surface area contributed by atoms with Crippen LogP contribution in [-0.4, -0.2) is 14.1 Å². The molecule has 0 atom stereocenters. The number of thiazole rings is 1. The van der Waals surface area contributed by atoms with Gasteiger partial charge in [0.15, 0.2) is 0 Å². The summed E-state index contributed by atoms with van der Waals surface area (Å²) >= 11 is 1.50. The normalized spacial score (nSPS) is 11.6. The summed E-state index contributed by atoms with van der Waals surface area (Å²) in [6, 6.07) is 6.31. The van der Waals surface area contributed by atoms with Gasteiger partial charge in [-0.1, -0.05) is 0 Å². The Kier molecular flexibility index (Phi) is 4.92. The van der Waals surface area contributed by atoms with E-state index in [4.69, 9.17) is 4.74 Å². The van der Waals surface area contributed by atoms with Crippen molar-refractivity contribution in [2.75, 3.05) is 0 Å². The number of hydrogen-bond acceptors (Lipinski definition) is 5. The van der Waals surface area contributed by atoms with E-state index in [0.717, 1.165) is 17.7 Å². The number of aromatic nitrogens is 3. The number of alkyl halides is 3. The molecule has 0 aliphatic rings. The van der Waals surface area contributed by atoms with E-state index < -0.39 is 23.1 Å². The Morgan fingerprint density at radius 1 is 1.19 bits per heavy atom. The summed E-state index contributed by atoms with van der Waals surface area (Å²) in [6.07, 6.45) is -4.79. The zero-order chi connectivity index (χ0) is 19.8. The maximum absolute atomic E-state index is 12.9. The van der Waals surface area contributed by atoms with Crippen LogP contribution in [0.5, 0.6) is 5.75 Å². The van der Waals surface area contributed by atoms with Crippen molar-refractivity contribution in [2.45, 2.75) is 19.7 Å². The van der Waals surface area contributed by atoms with Gasteiger partial charge < -0.3 is 4.74 Å². The molecule has 6 nitrogen and oxygen atoms in total. The molecule has 0 radical (unpaired) electrons. The number of ether oxygens (including phenoxy) is 1. The minimum absolute atomic E-state index is 0.145. The van der Waals surface area contributed by atoms with E-state index in [0.29, 0.717) is 21.0 Å². The first-order valence-electron chi connectivity index (χ1n) is 7.71. The van der Waals surface area contributed by atoms with Crippen molar-refractivity contribution in [3.8, 4) is 11.4 Å². The smallest absolute Gasteiger partial charge is 0.431 e. The van der Waals surface area contributed by atoms with Crippen molar-refractivity contribution in [3.63, 3.8) is 0 Å². The highest BCUT2D eigenvalue weighted by atomic mass is 32.1. The molecular formula is C17H14F3N3O3S. The molecule has 3 rings (SSSR count). The van der Waals surface area contributed by atoms with Crippen LogP contribution in [0.25, 0.3) is 5.69 Å². The Morgan fingerprint density at radius 2 is 1.85 bits per heavy atom. The molecule has 0 saturated heterocycles. The molecule has 0 saturated carbocycles. The number of hydrogen-bond donors (Lipinski definition) is 0. The molecule has 2 heterocycles. The summed E-state index contributed by atoms with van der Waals surface area (Å²) in [5.41, 5.74) is -2.52. The molecule has 3 aromatic rings. The van der Waals surface area contributed by atoms with Crippen LogP contribution in [-0.2, 0) is 19.8 Å². The summed E-state index contributed by atoms with van der Waals surface area (Å²) in [6.45, 7) is 2.14. The van der Waals surface area contributed by atoms with E-state index in [9.17, 15) is 22.8 Å². The monoisotopic (exact) mass is 397 g/mol. The quantitative estimate of drug-likeness (QED) is 0.679. The third-order valence-electron chi connectivity index (χ3n) is 3.76. The van der Waals surface area contributed by atoms with E-state index in [1.807, 2.05) is 12.3 Å². The fourth-order valence-electron chi connectivity index (χ4n) is 2.46. The van der Waals surface area contributed by atoms with Crippen LogP contribution in [0.4, 0.5) is 13.2 Å². The zero-order valence-corrected chi connectivity index (χ0v) is 15.1. The van der Waals surface area contributed by atoms with Gasteiger partial charge in [0.25, 0.3) is 5.56 Å². The fraction of sp³-hybridized carbons (Fsp3) is 0.235. The second-order valence-electron chi connectivity index (χ2n) is 5.68. The van der Waals surface area contributed by atoms with Gasteiger partial charge in [-0.3, -0.25) is 9.36 Å². The lowest BCUT2D eigenvalue weighted by Gasteiger charge is -2.14.